The zero-order chi connectivity index (χ0) is 16.0. The molecule has 1 aromatic rings. The summed E-state index contributed by atoms with van der Waals surface area (Å²) in [5.74, 6) is 0.139. The molecule has 0 aliphatic carbocycles. The molecule has 1 aromatic carbocycles. The second-order valence-electron chi connectivity index (χ2n) is 5.89. The van der Waals surface area contributed by atoms with Crippen molar-refractivity contribution in [3.63, 3.8) is 0 Å². The van der Waals surface area contributed by atoms with E-state index in [4.69, 9.17) is 11.6 Å². The molecular formula is C17H27ClN2O. The first-order chi connectivity index (χ1) is 9.86. The molecule has 3 nitrogen and oxygen atoms in total. The molecule has 1 unspecified atom stereocenters. The first-order valence-corrected chi connectivity index (χ1v) is 8.04. The zero-order valence-electron chi connectivity index (χ0n) is 13.7. The first kappa shape index (κ1) is 18.0. The molecule has 1 amide bonds. The monoisotopic (exact) mass is 310 g/mol. The number of benzene rings is 1. The highest BCUT2D eigenvalue weighted by atomic mass is 35.5. The third-order valence-corrected chi connectivity index (χ3v) is 3.79. The Morgan fingerprint density at radius 2 is 1.86 bits per heavy atom. The van der Waals surface area contributed by atoms with E-state index in [0.717, 1.165) is 17.0 Å². The second kappa shape index (κ2) is 8.40. The zero-order valence-corrected chi connectivity index (χ0v) is 14.4. The van der Waals surface area contributed by atoms with Crippen LogP contribution in [0.2, 0.25) is 5.02 Å². The fourth-order valence-electron chi connectivity index (χ4n) is 2.70. The Morgan fingerprint density at radius 1 is 1.24 bits per heavy atom. The normalized spacial score (nSPS) is 12.8. The summed E-state index contributed by atoms with van der Waals surface area (Å²) >= 11 is 6.04. The Kier molecular flexibility index (Phi) is 7.20. The molecule has 1 rings (SSSR count). The molecule has 0 aliphatic heterocycles. The quantitative estimate of drug-likeness (QED) is 0.824. The number of hydrogen-bond acceptors (Lipinski definition) is 2. The summed E-state index contributed by atoms with van der Waals surface area (Å²) < 4.78 is 0. The van der Waals surface area contributed by atoms with Crippen molar-refractivity contribution in [3.8, 4) is 0 Å². The third kappa shape index (κ3) is 5.33. The molecule has 0 bridgehead atoms. The fraction of sp³-hybridized carbons (Fsp3) is 0.588. The summed E-state index contributed by atoms with van der Waals surface area (Å²) in [4.78, 5) is 14.3. The van der Waals surface area contributed by atoms with E-state index in [9.17, 15) is 4.79 Å². The highest BCUT2D eigenvalue weighted by molar-refractivity contribution is 6.30. The summed E-state index contributed by atoms with van der Waals surface area (Å²) in [5, 5.41) is 4.08. The standard InChI is InChI=1S/C17H27ClN2O/c1-6-16(14-8-7-9-15(18)10-14)19-11-17(21)20(12(2)3)13(4)5/h7-10,12-13,16,19H,6,11H2,1-5H3. The summed E-state index contributed by atoms with van der Waals surface area (Å²) in [5.41, 5.74) is 1.12. The van der Waals surface area contributed by atoms with Crippen LogP contribution in [0.4, 0.5) is 0 Å². The SMILES string of the molecule is CCC(NCC(=O)N(C(C)C)C(C)C)c1cccc(Cl)c1. The van der Waals surface area contributed by atoms with Gasteiger partial charge in [0.2, 0.25) is 5.91 Å². The van der Waals surface area contributed by atoms with Crippen molar-refractivity contribution in [3.05, 3.63) is 34.9 Å². The van der Waals surface area contributed by atoms with Gasteiger partial charge in [0.25, 0.3) is 0 Å². The van der Waals surface area contributed by atoms with Gasteiger partial charge in [-0.2, -0.15) is 0 Å². The molecule has 4 heteroatoms. The number of rotatable bonds is 7. The maximum Gasteiger partial charge on any atom is 0.237 e. The molecule has 0 aromatic heterocycles. The molecular weight excluding hydrogens is 284 g/mol. The largest absolute Gasteiger partial charge is 0.337 e. The summed E-state index contributed by atoms with van der Waals surface area (Å²) in [6.45, 7) is 10.6. The highest BCUT2D eigenvalue weighted by Gasteiger charge is 2.20. The minimum absolute atomic E-state index is 0.139. The predicted molar refractivity (Wildman–Crippen MR) is 89.6 cm³/mol. The average molecular weight is 311 g/mol. The molecule has 21 heavy (non-hydrogen) atoms. The van der Waals surface area contributed by atoms with Crippen LogP contribution in [0.15, 0.2) is 24.3 Å². The number of halogens is 1. The molecule has 0 fully saturated rings. The smallest absolute Gasteiger partial charge is 0.237 e. The van der Waals surface area contributed by atoms with Gasteiger partial charge in [-0.3, -0.25) is 4.79 Å². The van der Waals surface area contributed by atoms with Crippen LogP contribution in [0.3, 0.4) is 0 Å². The lowest BCUT2D eigenvalue weighted by atomic mass is 10.0. The van der Waals surface area contributed by atoms with Crippen molar-refractivity contribution in [2.24, 2.45) is 0 Å². The number of hydrogen-bond donors (Lipinski definition) is 1. The third-order valence-electron chi connectivity index (χ3n) is 3.56. The number of carbonyl (C=O) groups is 1. The van der Waals surface area contributed by atoms with Crippen molar-refractivity contribution < 1.29 is 4.79 Å². The van der Waals surface area contributed by atoms with Crippen molar-refractivity contribution in [2.45, 2.75) is 59.2 Å². The number of nitrogens with zero attached hydrogens (tertiary/aromatic N) is 1. The topological polar surface area (TPSA) is 32.3 Å². The van der Waals surface area contributed by atoms with E-state index in [-0.39, 0.29) is 24.0 Å². The van der Waals surface area contributed by atoms with Crippen LogP contribution in [0, 0.1) is 0 Å². The molecule has 0 radical (unpaired) electrons. The second-order valence-corrected chi connectivity index (χ2v) is 6.32. The Balaban J connectivity index is 2.69. The van der Waals surface area contributed by atoms with Gasteiger partial charge in [-0.1, -0.05) is 30.7 Å². The minimum Gasteiger partial charge on any atom is -0.337 e. The summed E-state index contributed by atoms with van der Waals surface area (Å²) in [7, 11) is 0. The van der Waals surface area contributed by atoms with Gasteiger partial charge in [-0.05, 0) is 51.8 Å². The molecule has 1 atom stereocenters. The van der Waals surface area contributed by atoms with Crippen LogP contribution >= 0.6 is 11.6 Å². The Hall–Kier alpha value is -1.06. The predicted octanol–water partition coefficient (Wildman–Crippen LogP) is 4.03. The van der Waals surface area contributed by atoms with Gasteiger partial charge in [0.15, 0.2) is 0 Å². The van der Waals surface area contributed by atoms with Crippen molar-refractivity contribution in [1.82, 2.24) is 10.2 Å². The summed E-state index contributed by atoms with van der Waals surface area (Å²) in [6, 6.07) is 8.38. The summed E-state index contributed by atoms with van der Waals surface area (Å²) in [6.07, 6.45) is 0.914. The lowest BCUT2D eigenvalue weighted by Crippen LogP contribution is -2.46. The van der Waals surface area contributed by atoms with Crippen LogP contribution < -0.4 is 5.32 Å². The van der Waals surface area contributed by atoms with Gasteiger partial charge in [0, 0.05) is 23.1 Å². The van der Waals surface area contributed by atoms with Gasteiger partial charge in [0.05, 0.1) is 6.54 Å². The van der Waals surface area contributed by atoms with E-state index < -0.39 is 0 Å². The van der Waals surface area contributed by atoms with E-state index in [2.05, 4.69) is 12.2 Å². The molecule has 118 valence electrons. The fourth-order valence-corrected chi connectivity index (χ4v) is 2.89. The van der Waals surface area contributed by atoms with E-state index in [1.165, 1.54) is 0 Å². The van der Waals surface area contributed by atoms with Crippen molar-refractivity contribution in [2.75, 3.05) is 6.54 Å². The molecule has 0 spiro atoms. The van der Waals surface area contributed by atoms with Gasteiger partial charge >= 0.3 is 0 Å². The molecule has 0 saturated heterocycles. The Labute approximate surface area is 133 Å². The first-order valence-electron chi connectivity index (χ1n) is 7.66. The van der Waals surface area contributed by atoms with Gasteiger partial charge in [-0.25, -0.2) is 0 Å². The lowest BCUT2D eigenvalue weighted by molar-refractivity contribution is -0.133. The molecule has 0 saturated carbocycles. The van der Waals surface area contributed by atoms with Crippen LogP contribution in [0.5, 0.6) is 0 Å². The molecule has 1 N–H and O–H groups in total. The van der Waals surface area contributed by atoms with E-state index in [0.29, 0.717) is 6.54 Å². The van der Waals surface area contributed by atoms with Crippen LogP contribution in [-0.2, 0) is 4.79 Å². The Bertz CT molecular complexity index is 452. The van der Waals surface area contributed by atoms with Gasteiger partial charge in [0.1, 0.15) is 0 Å². The number of amides is 1. The molecule has 0 aliphatic rings. The van der Waals surface area contributed by atoms with Gasteiger partial charge in [-0.15, -0.1) is 0 Å². The average Bonchev–Trinajstić information content (AvgIpc) is 2.38. The van der Waals surface area contributed by atoms with E-state index >= 15 is 0 Å². The van der Waals surface area contributed by atoms with Gasteiger partial charge < -0.3 is 10.2 Å². The van der Waals surface area contributed by atoms with E-state index in [1.807, 2.05) is 56.9 Å². The maximum absolute atomic E-state index is 12.4. The number of carbonyl (C=O) groups excluding carboxylic acids is 1. The lowest BCUT2D eigenvalue weighted by Gasteiger charge is -2.31. The van der Waals surface area contributed by atoms with E-state index in [1.54, 1.807) is 0 Å². The highest BCUT2D eigenvalue weighted by Crippen LogP contribution is 2.20. The maximum atomic E-state index is 12.4. The van der Waals surface area contributed by atoms with Crippen molar-refractivity contribution >= 4 is 17.5 Å². The van der Waals surface area contributed by atoms with Crippen molar-refractivity contribution in [1.29, 1.82) is 0 Å². The van der Waals surface area contributed by atoms with Crippen LogP contribution in [-0.4, -0.2) is 29.4 Å². The van der Waals surface area contributed by atoms with Crippen LogP contribution in [0.1, 0.15) is 52.6 Å². The number of nitrogens with one attached hydrogen (secondary N) is 1. The molecule has 0 heterocycles. The minimum atomic E-state index is 0.139. The van der Waals surface area contributed by atoms with Crippen LogP contribution in [0.25, 0.3) is 0 Å². The Morgan fingerprint density at radius 3 is 2.33 bits per heavy atom.